The molecule has 182 valence electrons. The molecular weight excluding hydrogens is 468 g/mol. The highest BCUT2D eigenvalue weighted by molar-refractivity contribution is 7.89. The second kappa shape index (κ2) is 9.73. The van der Waals surface area contributed by atoms with Crippen LogP contribution in [0.1, 0.15) is 40.7 Å². The maximum Gasteiger partial charge on any atom is 0.260 e. The highest BCUT2D eigenvalue weighted by Gasteiger charge is 2.35. The number of benzene rings is 2. The number of carbonyl (C=O) groups excluding carboxylic acids is 1. The molecule has 1 amide bonds. The summed E-state index contributed by atoms with van der Waals surface area (Å²) in [6, 6.07) is 10.6. The van der Waals surface area contributed by atoms with Crippen molar-refractivity contribution in [3.8, 4) is 0 Å². The molecule has 1 saturated carbocycles. The van der Waals surface area contributed by atoms with E-state index in [1.165, 1.54) is 33.3 Å². The SMILES string of the molecule is Cc1cc(C)c2nc(N(CCCN(C)C)C(=O)c3ccc(S(=O)(=O)N(C)C4CC4)cc3)sc2c1. The molecule has 0 N–H and O–H groups in total. The van der Waals surface area contributed by atoms with E-state index in [0.29, 0.717) is 17.2 Å². The van der Waals surface area contributed by atoms with Crippen LogP contribution in [0.2, 0.25) is 0 Å². The molecule has 4 rings (SSSR count). The maximum absolute atomic E-state index is 13.6. The largest absolute Gasteiger partial charge is 0.309 e. The Balaban J connectivity index is 1.63. The lowest BCUT2D eigenvalue weighted by molar-refractivity contribution is 0.0986. The van der Waals surface area contributed by atoms with Gasteiger partial charge in [0.25, 0.3) is 5.91 Å². The van der Waals surface area contributed by atoms with Gasteiger partial charge >= 0.3 is 0 Å². The Morgan fingerprint density at radius 1 is 1.06 bits per heavy atom. The summed E-state index contributed by atoms with van der Waals surface area (Å²) in [5, 5.41) is 0.664. The average molecular weight is 501 g/mol. The van der Waals surface area contributed by atoms with Gasteiger partial charge in [0, 0.05) is 25.2 Å². The van der Waals surface area contributed by atoms with Crippen molar-refractivity contribution in [2.75, 3.05) is 39.1 Å². The number of carbonyl (C=O) groups is 1. The van der Waals surface area contributed by atoms with Gasteiger partial charge in [0.2, 0.25) is 10.0 Å². The molecular formula is C25H32N4O3S2. The minimum Gasteiger partial charge on any atom is -0.309 e. The molecule has 0 atom stereocenters. The summed E-state index contributed by atoms with van der Waals surface area (Å²) in [5.41, 5.74) is 3.62. The monoisotopic (exact) mass is 500 g/mol. The summed E-state index contributed by atoms with van der Waals surface area (Å²) < 4.78 is 28.2. The zero-order chi connectivity index (χ0) is 24.6. The molecule has 1 aromatic heterocycles. The molecule has 0 radical (unpaired) electrons. The third kappa shape index (κ3) is 5.17. The van der Waals surface area contributed by atoms with Gasteiger partial charge in [-0.2, -0.15) is 4.31 Å². The van der Waals surface area contributed by atoms with Gasteiger partial charge in [-0.15, -0.1) is 0 Å². The first-order chi connectivity index (χ1) is 16.1. The van der Waals surface area contributed by atoms with Crippen LogP contribution in [0, 0.1) is 13.8 Å². The van der Waals surface area contributed by atoms with Gasteiger partial charge in [0.05, 0.1) is 15.1 Å². The van der Waals surface area contributed by atoms with Gasteiger partial charge in [-0.05, 0) is 95.2 Å². The smallest absolute Gasteiger partial charge is 0.260 e. The van der Waals surface area contributed by atoms with E-state index in [0.717, 1.165) is 41.6 Å². The van der Waals surface area contributed by atoms with Gasteiger partial charge in [0.15, 0.2) is 5.13 Å². The number of thiazole rings is 1. The van der Waals surface area contributed by atoms with Crippen LogP contribution in [-0.4, -0.2) is 68.8 Å². The minimum atomic E-state index is -3.55. The molecule has 9 heteroatoms. The number of hydrogen-bond donors (Lipinski definition) is 0. The zero-order valence-corrected chi connectivity index (χ0v) is 22.0. The van der Waals surface area contributed by atoms with Crippen molar-refractivity contribution in [3.05, 3.63) is 53.1 Å². The fraction of sp³-hybridized carbons (Fsp3) is 0.440. The molecule has 0 bridgehead atoms. The number of aryl methyl sites for hydroxylation is 2. The standard InChI is InChI=1S/C25H32N4O3S2/c1-17-15-18(2)23-22(16-17)33-25(26-23)29(14-6-13-27(3)4)24(30)19-7-11-21(12-8-19)34(31,32)28(5)20-9-10-20/h7-8,11-12,15-16,20H,6,9-10,13-14H2,1-5H3. The van der Waals surface area contributed by atoms with Crippen LogP contribution in [0.15, 0.2) is 41.3 Å². The molecule has 0 unspecified atom stereocenters. The molecule has 0 spiro atoms. The first-order valence-electron chi connectivity index (χ1n) is 11.5. The summed E-state index contributed by atoms with van der Waals surface area (Å²) in [5.74, 6) is -0.174. The van der Waals surface area contributed by atoms with Crippen molar-refractivity contribution in [2.24, 2.45) is 0 Å². The maximum atomic E-state index is 13.6. The van der Waals surface area contributed by atoms with E-state index in [1.807, 2.05) is 21.0 Å². The van der Waals surface area contributed by atoms with E-state index in [4.69, 9.17) is 4.98 Å². The predicted octanol–water partition coefficient (Wildman–Crippen LogP) is 4.29. The number of sulfonamides is 1. The number of amides is 1. The van der Waals surface area contributed by atoms with Crippen LogP contribution in [0.5, 0.6) is 0 Å². The molecule has 0 aliphatic heterocycles. The second-order valence-corrected chi connectivity index (χ2v) is 12.3. The third-order valence-corrected chi connectivity index (χ3v) is 9.07. The van der Waals surface area contributed by atoms with Crippen molar-refractivity contribution in [1.82, 2.24) is 14.2 Å². The normalized spacial score (nSPS) is 14.3. The van der Waals surface area contributed by atoms with Gasteiger partial charge in [-0.1, -0.05) is 17.4 Å². The highest BCUT2D eigenvalue weighted by Crippen LogP contribution is 2.33. The van der Waals surface area contributed by atoms with Crippen molar-refractivity contribution in [2.45, 2.75) is 44.0 Å². The summed E-state index contributed by atoms with van der Waals surface area (Å²) in [6.45, 7) is 5.47. The fourth-order valence-electron chi connectivity index (χ4n) is 4.03. The average Bonchev–Trinajstić information content (AvgIpc) is 3.55. The first kappa shape index (κ1) is 24.8. The summed E-state index contributed by atoms with van der Waals surface area (Å²) >= 11 is 1.51. The number of anilines is 1. The number of hydrogen-bond acceptors (Lipinski definition) is 6. The molecule has 1 heterocycles. The lowest BCUT2D eigenvalue weighted by Gasteiger charge is -2.21. The van der Waals surface area contributed by atoms with Crippen LogP contribution in [-0.2, 0) is 10.0 Å². The van der Waals surface area contributed by atoms with Gasteiger partial charge in [-0.25, -0.2) is 13.4 Å². The molecule has 1 aliphatic carbocycles. The number of rotatable bonds is 9. The quantitative estimate of drug-likeness (QED) is 0.438. The topological polar surface area (TPSA) is 73.8 Å². The molecule has 1 fully saturated rings. The van der Waals surface area contributed by atoms with E-state index in [9.17, 15) is 13.2 Å². The summed E-state index contributed by atoms with van der Waals surface area (Å²) in [6.07, 6.45) is 2.59. The Morgan fingerprint density at radius 2 is 1.74 bits per heavy atom. The van der Waals surface area contributed by atoms with Crippen LogP contribution in [0.3, 0.4) is 0 Å². The van der Waals surface area contributed by atoms with E-state index < -0.39 is 10.0 Å². The van der Waals surface area contributed by atoms with Gasteiger partial charge < -0.3 is 4.90 Å². The Bertz CT molecular complexity index is 1300. The van der Waals surface area contributed by atoms with E-state index >= 15 is 0 Å². The number of aromatic nitrogens is 1. The highest BCUT2D eigenvalue weighted by atomic mass is 32.2. The van der Waals surface area contributed by atoms with Gasteiger partial charge in [0.1, 0.15) is 0 Å². The molecule has 0 saturated heterocycles. The van der Waals surface area contributed by atoms with Crippen molar-refractivity contribution < 1.29 is 13.2 Å². The minimum absolute atomic E-state index is 0.0876. The van der Waals surface area contributed by atoms with Crippen molar-refractivity contribution >= 4 is 42.6 Å². The van der Waals surface area contributed by atoms with Crippen LogP contribution in [0.4, 0.5) is 5.13 Å². The predicted molar refractivity (Wildman–Crippen MR) is 138 cm³/mol. The Labute approximate surface area is 206 Å². The second-order valence-electron chi connectivity index (χ2n) is 9.32. The Kier molecular flexibility index (Phi) is 7.09. The molecule has 2 aromatic carbocycles. The van der Waals surface area contributed by atoms with E-state index in [-0.39, 0.29) is 16.8 Å². The fourth-order valence-corrected chi connectivity index (χ4v) is 6.61. The van der Waals surface area contributed by atoms with Crippen molar-refractivity contribution in [1.29, 1.82) is 0 Å². The van der Waals surface area contributed by atoms with Gasteiger partial charge in [-0.3, -0.25) is 9.69 Å². The lowest BCUT2D eigenvalue weighted by atomic mass is 10.1. The molecule has 3 aromatic rings. The van der Waals surface area contributed by atoms with E-state index in [1.54, 1.807) is 24.1 Å². The molecule has 34 heavy (non-hydrogen) atoms. The van der Waals surface area contributed by atoms with Crippen LogP contribution in [0.25, 0.3) is 10.2 Å². The number of fused-ring (bicyclic) bond motifs is 1. The van der Waals surface area contributed by atoms with Crippen LogP contribution < -0.4 is 4.90 Å². The number of nitrogens with zero attached hydrogens (tertiary/aromatic N) is 4. The first-order valence-corrected chi connectivity index (χ1v) is 13.8. The Hall–Kier alpha value is -2.33. The van der Waals surface area contributed by atoms with Crippen LogP contribution >= 0.6 is 11.3 Å². The third-order valence-electron chi connectivity index (χ3n) is 6.12. The zero-order valence-electron chi connectivity index (χ0n) is 20.4. The summed E-state index contributed by atoms with van der Waals surface area (Å²) in [4.78, 5) is 22.4. The molecule has 1 aliphatic rings. The van der Waals surface area contributed by atoms with E-state index in [2.05, 4.69) is 24.0 Å². The Morgan fingerprint density at radius 3 is 2.35 bits per heavy atom. The lowest BCUT2D eigenvalue weighted by Crippen LogP contribution is -2.33. The molecule has 7 nitrogen and oxygen atoms in total. The summed E-state index contributed by atoms with van der Waals surface area (Å²) in [7, 11) is 2.09. The van der Waals surface area contributed by atoms with Crippen molar-refractivity contribution in [3.63, 3.8) is 0 Å².